The summed E-state index contributed by atoms with van der Waals surface area (Å²) >= 11 is 0. The zero-order valence-electron chi connectivity index (χ0n) is 19.8. The number of rotatable bonds is 9. The van der Waals surface area contributed by atoms with Gasteiger partial charge in [0.05, 0.1) is 17.4 Å². The normalized spacial score (nSPS) is 16.6. The SMILES string of the molecule is CCC(C)(C)C(=O)OCCC(C)(F)F.CCC1(OC(=O)C(C)(C)CC)CCCC1. The standard InChI is InChI=1S/C13H24O2.C10H18F2O2/c1-5-12(3,4)11(14)15-13(6-2)9-7-8-10-13;1-5-9(2,3)8(13)14-7-6-10(4,11)12/h5-10H2,1-4H3;5-7H2,1-4H3. The first kappa shape index (κ1) is 27.8. The van der Waals surface area contributed by atoms with E-state index in [9.17, 15) is 18.4 Å². The van der Waals surface area contributed by atoms with Crippen molar-refractivity contribution in [3.63, 3.8) is 0 Å². The molecule has 0 aromatic heterocycles. The van der Waals surface area contributed by atoms with Gasteiger partial charge in [-0.15, -0.1) is 0 Å². The van der Waals surface area contributed by atoms with Gasteiger partial charge in [0.1, 0.15) is 5.60 Å². The number of halogens is 2. The van der Waals surface area contributed by atoms with Gasteiger partial charge in [-0.25, -0.2) is 8.78 Å². The first-order valence-corrected chi connectivity index (χ1v) is 10.9. The smallest absolute Gasteiger partial charge is 0.312 e. The van der Waals surface area contributed by atoms with Crippen LogP contribution in [0.25, 0.3) is 0 Å². The molecule has 0 spiro atoms. The predicted molar refractivity (Wildman–Crippen MR) is 112 cm³/mol. The highest BCUT2D eigenvalue weighted by Crippen LogP contribution is 2.38. The van der Waals surface area contributed by atoms with Gasteiger partial charge in [0, 0.05) is 6.42 Å². The lowest BCUT2D eigenvalue weighted by Crippen LogP contribution is -2.37. The van der Waals surface area contributed by atoms with Crippen molar-refractivity contribution in [2.75, 3.05) is 6.61 Å². The molecule has 0 radical (unpaired) electrons. The molecule has 1 rings (SSSR count). The number of carbonyl (C=O) groups is 2. The third-order valence-corrected chi connectivity index (χ3v) is 6.12. The van der Waals surface area contributed by atoms with Gasteiger partial charge in [0.25, 0.3) is 0 Å². The number of hydrogen-bond donors (Lipinski definition) is 0. The van der Waals surface area contributed by atoms with E-state index >= 15 is 0 Å². The minimum Gasteiger partial charge on any atom is -0.465 e. The summed E-state index contributed by atoms with van der Waals surface area (Å²) in [5.41, 5.74) is -1.04. The Labute approximate surface area is 176 Å². The maximum absolute atomic E-state index is 12.4. The van der Waals surface area contributed by atoms with E-state index < -0.39 is 23.7 Å². The van der Waals surface area contributed by atoms with Crippen LogP contribution < -0.4 is 0 Å². The van der Waals surface area contributed by atoms with Crippen LogP contribution in [0.2, 0.25) is 0 Å². The number of carbonyl (C=O) groups excluding carboxylic acids is 2. The Morgan fingerprint density at radius 1 is 0.862 bits per heavy atom. The fourth-order valence-corrected chi connectivity index (χ4v) is 2.69. The quantitative estimate of drug-likeness (QED) is 0.389. The molecule has 172 valence electrons. The van der Waals surface area contributed by atoms with Crippen LogP contribution >= 0.6 is 0 Å². The van der Waals surface area contributed by atoms with Crippen LogP contribution in [-0.2, 0) is 19.1 Å². The van der Waals surface area contributed by atoms with Gasteiger partial charge in [0.15, 0.2) is 0 Å². The van der Waals surface area contributed by atoms with Gasteiger partial charge in [-0.2, -0.15) is 0 Å². The Kier molecular flexibility index (Phi) is 10.8. The Balaban J connectivity index is 0.000000543. The molecule has 0 saturated heterocycles. The topological polar surface area (TPSA) is 52.6 Å². The molecule has 0 unspecified atom stereocenters. The van der Waals surface area contributed by atoms with E-state index in [1.165, 1.54) is 12.8 Å². The van der Waals surface area contributed by atoms with Crippen molar-refractivity contribution < 1.29 is 27.8 Å². The van der Waals surface area contributed by atoms with E-state index in [1.807, 2.05) is 27.7 Å². The predicted octanol–water partition coefficient (Wildman–Crippen LogP) is 6.70. The molecule has 0 N–H and O–H groups in total. The van der Waals surface area contributed by atoms with Gasteiger partial charge < -0.3 is 9.47 Å². The summed E-state index contributed by atoms with van der Waals surface area (Å²) in [4.78, 5) is 23.3. The molecule has 0 aromatic carbocycles. The van der Waals surface area contributed by atoms with Gasteiger partial charge in [-0.1, -0.05) is 20.8 Å². The van der Waals surface area contributed by atoms with E-state index in [0.29, 0.717) is 6.42 Å². The summed E-state index contributed by atoms with van der Waals surface area (Å²) in [6.07, 6.45) is 6.52. The molecule has 1 saturated carbocycles. The lowest BCUT2D eigenvalue weighted by Gasteiger charge is -2.32. The molecule has 1 aliphatic rings. The van der Waals surface area contributed by atoms with Crippen LogP contribution in [0.1, 0.15) is 107 Å². The van der Waals surface area contributed by atoms with Crippen molar-refractivity contribution in [3.05, 3.63) is 0 Å². The highest BCUT2D eigenvalue weighted by atomic mass is 19.3. The van der Waals surface area contributed by atoms with Crippen LogP contribution in [0.5, 0.6) is 0 Å². The Morgan fingerprint density at radius 2 is 1.31 bits per heavy atom. The van der Waals surface area contributed by atoms with Crippen LogP contribution in [0.4, 0.5) is 8.78 Å². The van der Waals surface area contributed by atoms with E-state index in [4.69, 9.17) is 9.47 Å². The van der Waals surface area contributed by atoms with Crippen molar-refractivity contribution >= 4 is 11.9 Å². The second-order valence-corrected chi connectivity index (χ2v) is 9.56. The molecule has 1 aliphatic carbocycles. The van der Waals surface area contributed by atoms with E-state index in [1.54, 1.807) is 13.8 Å². The molecule has 4 nitrogen and oxygen atoms in total. The number of esters is 2. The number of ether oxygens (including phenoxy) is 2. The van der Waals surface area contributed by atoms with Crippen LogP contribution in [0.3, 0.4) is 0 Å². The number of hydrogen-bond acceptors (Lipinski definition) is 4. The van der Waals surface area contributed by atoms with Crippen molar-refractivity contribution in [1.82, 2.24) is 0 Å². The van der Waals surface area contributed by atoms with Gasteiger partial charge in [-0.3, -0.25) is 9.59 Å². The summed E-state index contributed by atoms with van der Waals surface area (Å²) in [5.74, 6) is -3.20. The fraction of sp³-hybridized carbons (Fsp3) is 0.913. The van der Waals surface area contributed by atoms with Gasteiger partial charge in [-0.05, 0) is 79.6 Å². The fourth-order valence-electron chi connectivity index (χ4n) is 2.69. The minimum absolute atomic E-state index is 0.0197. The molecule has 0 aliphatic heterocycles. The zero-order chi connectivity index (χ0) is 22.9. The molecule has 1 fully saturated rings. The van der Waals surface area contributed by atoms with Gasteiger partial charge >= 0.3 is 11.9 Å². The zero-order valence-corrected chi connectivity index (χ0v) is 19.8. The summed E-state index contributed by atoms with van der Waals surface area (Å²) in [7, 11) is 0. The maximum atomic E-state index is 12.4. The molecule has 0 heterocycles. The van der Waals surface area contributed by atoms with Crippen LogP contribution in [0, 0.1) is 10.8 Å². The van der Waals surface area contributed by atoms with Crippen molar-refractivity contribution in [3.8, 4) is 0 Å². The van der Waals surface area contributed by atoms with E-state index in [2.05, 4.69) is 6.92 Å². The largest absolute Gasteiger partial charge is 0.465 e. The summed E-state index contributed by atoms with van der Waals surface area (Å²) in [6.45, 7) is 14.0. The maximum Gasteiger partial charge on any atom is 0.312 e. The second-order valence-electron chi connectivity index (χ2n) is 9.56. The van der Waals surface area contributed by atoms with Crippen LogP contribution in [0.15, 0.2) is 0 Å². The lowest BCUT2D eigenvalue weighted by molar-refractivity contribution is -0.170. The molecule has 6 heteroatoms. The average molecular weight is 421 g/mol. The second kappa shape index (κ2) is 11.3. The molecule has 0 bridgehead atoms. The summed E-state index contributed by atoms with van der Waals surface area (Å²) < 4.78 is 35.2. The molecular weight excluding hydrogens is 378 g/mol. The highest BCUT2D eigenvalue weighted by molar-refractivity contribution is 5.76. The summed E-state index contributed by atoms with van der Waals surface area (Å²) in [6, 6.07) is 0. The molecule has 29 heavy (non-hydrogen) atoms. The van der Waals surface area contributed by atoms with E-state index in [-0.39, 0.29) is 23.6 Å². The molecule has 0 aromatic rings. The molecular formula is C23H42F2O4. The average Bonchev–Trinajstić information content (AvgIpc) is 3.10. The Bertz CT molecular complexity index is 515. The molecule has 0 atom stereocenters. The lowest BCUT2D eigenvalue weighted by atomic mass is 9.89. The first-order valence-electron chi connectivity index (χ1n) is 10.9. The Hall–Kier alpha value is -1.20. The first-order chi connectivity index (χ1) is 13.1. The van der Waals surface area contributed by atoms with Crippen molar-refractivity contribution in [1.29, 1.82) is 0 Å². The monoisotopic (exact) mass is 420 g/mol. The van der Waals surface area contributed by atoms with Crippen LogP contribution in [-0.4, -0.2) is 30.1 Å². The van der Waals surface area contributed by atoms with Gasteiger partial charge in [0.2, 0.25) is 5.92 Å². The molecule has 0 amide bonds. The number of alkyl halides is 2. The highest BCUT2D eigenvalue weighted by Gasteiger charge is 2.39. The van der Waals surface area contributed by atoms with Crippen molar-refractivity contribution in [2.45, 2.75) is 118 Å². The third kappa shape index (κ3) is 9.90. The minimum atomic E-state index is -2.77. The summed E-state index contributed by atoms with van der Waals surface area (Å²) in [5, 5.41) is 0. The van der Waals surface area contributed by atoms with E-state index in [0.717, 1.165) is 32.6 Å². The third-order valence-electron chi connectivity index (χ3n) is 6.12. The Morgan fingerprint density at radius 3 is 1.69 bits per heavy atom. The van der Waals surface area contributed by atoms with Crippen molar-refractivity contribution in [2.24, 2.45) is 10.8 Å².